The van der Waals surface area contributed by atoms with E-state index in [2.05, 4.69) is 5.32 Å². The quantitative estimate of drug-likeness (QED) is 0.449. The molecule has 132 valence electrons. The van der Waals surface area contributed by atoms with Gasteiger partial charge in [-0.1, -0.05) is 50.3 Å². The predicted molar refractivity (Wildman–Crippen MR) is 93.4 cm³/mol. The molecule has 1 atom stereocenters. The first kappa shape index (κ1) is 20.1. The van der Waals surface area contributed by atoms with Crippen LogP contribution in [0.25, 0.3) is 0 Å². The Morgan fingerprint density at radius 3 is 2.54 bits per heavy atom. The summed E-state index contributed by atoms with van der Waals surface area (Å²) in [5.41, 5.74) is 0.250. The standard InChI is InChI=1S/C19H27NO4/c1-19(2,14-21)17(23)18(24)20-13-7-6-10-16(22)12-11-15-8-4-3-5-9-15/h3-6,8-10,17,21,23H,7,11-14H2,1-2H3,(H,20,24)/b10-6+. The van der Waals surface area contributed by atoms with E-state index in [0.717, 1.165) is 5.56 Å². The summed E-state index contributed by atoms with van der Waals surface area (Å²) in [6, 6.07) is 9.82. The maximum Gasteiger partial charge on any atom is 0.249 e. The van der Waals surface area contributed by atoms with Crippen molar-refractivity contribution >= 4 is 11.7 Å². The van der Waals surface area contributed by atoms with Gasteiger partial charge in [-0.3, -0.25) is 9.59 Å². The highest BCUT2D eigenvalue weighted by molar-refractivity contribution is 5.89. The van der Waals surface area contributed by atoms with Crippen LogP contribution in [0.3, 0.4) is 0 Å². The van der Waals surface area contributed by atoms with E-state index < -0.39 is 17.4 Å². The van der Waals surface area contributed by atoms with Gasteiger partial charge in [0, 0.05) is 18.4 Å². The van der Waals surface area contributed by atoms with E-state index in [-0.39, 0.29) is 12.4 Å². The van der Waals surface area contributed by atoms with Gasteiger partial charge >= 0.3 is 0 Å². The molecule has 1 amide bonds. The summed E-state index contributed by atoms with van der Waals surface area (Å²) >= 11 is 0. The topological polar surface area (TPSA) is 86.6 Å². The van der Waals surface area contributed by atoms with Crippen molar-refractivity contribution in [2.75, 3.05) is 13.2 Å². The first-order valence-corrected chi connectivity index (χ1v) is 8.17. The fourth-order valence-electron chi connectivity index (χ4n) is 2.03. The number of rotatable bonds is 10. The number of carbonyl (C=O) groups is 2. The number of amides is 1. The smallest absolute Gasteiger partial charge is 0.249 e. The van der Waals surface area contributed by atoms with Crippen molar-refractivity contribution in [2.45, 2.75) is 39.2 Å². The van der Waals surface area contributed by atoms with Crippen molar-refractivity contribution < 1.29 is 19.8 Å². The average Bonchev–Trinajstić information content (AvgIpc) is 2.59. The molecule has 3 N–H and O–H groups in total. The Hall–Kier alpha value is -1.98. The highest BCUT2D eigenvalue weighted by Crippen LogP contribution is 2.19. The van der Waals surface area contributed by atoms with Crippen molar-refractivity contribution in [1.82, 2.24) is 5.32 Å². The molecule has 1 aromatic carbocycles. The number of benzene rings is 1. The summed E-state index contributed by atoms with van der Waals surface area (Å²) in [7, 11) is 0. The van der Waals surface area contributed by atoms with Crippen LogP contribution in [0.4, 0.5) is 0 Å². The number of hydrogen-bond donors (Lipinski definition) is 3. The maximum atomic E-state index is 11.8. The molecule has 0 spiro atoms. The van der Waals surface area contributed by atoms with Gasteiger partial charge in [0.1, 0.15) is 6.10 Å². The van der Waals surface area contributed by atoms with Crippen LogP contribution in [0.15, 0.2) is 42.5 Å². The predicted octanol–water partition coefficient (Wildman–Crippen LogP) is 1.63. The minimum atomic E-state index is -1.26. The number of allylic oxidation sites excluding steroid dienone is 1. The van der Waals surface area contributed by atoms with Gasteiger partial charge in [0.15, 0.2) is 5.78 Å². The largest absolute Gasteiger partial charge is 0.396 e. The van der Waals surface area contributed by atoms with Gasteiger partial charge in [-0.15, -0.1) is 0 Å². The third-order valence-corrected chi connectivity index (χ3v) is 3.81. The molecule has 0 saturated heterocycles. The van der Waals surface area contributed by atoms with Gasteiger partial charge in [-0.05, 0) is 24.5 Å². The molecule has 0 aliphatic heterocycles. The van der Waals surface area contributed by atoms with Crippen LogP contribution in [0, 0.1) is 5.41 Å². The van der Waals surface area contributed by atoms with Gasteiger partial charge < -0.3 is 15.5 Å². The molecule has 1 aromatic rings. The Bertz CT molecular complexity index is 552. The summed E-state index contributed by atoms with van der Waals surface area (Å²) in [5.74, 6) is -0.468. The van der Waals surface area contributed by atoms with Crippen LogP contribution in [-0.4, -0.2) is 41.2 Å². The third-order valence-electron chi connectivity index (χ3n) is 3.81. The normalized spacial score (nSPS) is 13.0. The summed E-state index contributed by atoms with van der Waals surface area (Å²) in [4.78, 5) is 23.5. The monoisotopic (exact) mass is 333 g/mol. The molecule has 0 radical (unpaired) electrons. The maximum absolute atomic E-state index is 11.8. The van der Waals surface area contributed by atoms with E-state index in [9.17, 15) is 14.7 Å². The Morgan fingerprint density at radius 1 is 1.25 bits per heavy atom. The lowest BCUT2D eigenvalue weighted by atomic mass is 9.87. The fraction of sp³-hybridized carbons (Fsp3) is 0.474. The Kier molecular flexibility index (Phi) is 8.36. The van der Waals surface area contributed by atoms with E-state index >= 15 is 0 Å². The number of ketones is 1. The lowest BCUT2D eigenvalue weighted by Crippen LogP contribution is -2.45. The molecular formula is C19H27NO4. The highest BCUT2D eigenvalue weighted by Gasteiger charge is 2.32. The van der Waals surface area contributed by atoms with Crippen molar-refractivity contribution in [3.63, 3.8) is 0 Å². The Balaban J connectivity index is 2.23. The molecule has 0 saturated carbocycles. The van der Waals surface area contributed by atoms with Crippen molar-refractivity contribution in [1.29, 1.82) is 0 Å². The van der Waals surface area contributed by atoms with Crippen LogP contribution in [0.1, 0.15) is 32.3 Å². The van der Waals surface area contributed by atoms with E-state index in [4.69, 9.17) is 5.11 Å². The number of aryl methyl sites for hydroxylation is 1. The molecule has 0 fully saturated rings. The second-order valence-corrected chi connectivity index (χ2v) is 6.48. The number of aliphatic hydroxyl groups excluding tert-OH is 2. The zero-order valence-electron chi connectivity index (χ0n) is 14.4. The second kappa shape index (κ2) is 10.0. The second-order valence-electron chi connectivity index (χ2n) is 6.48. The van der Waals surface area contributed by atoms with Gasteiger partial charge in [0.25, 0.3) is 0 Å². The van der Waals surface area contributed by atoms with Crippen molar-refractivity contribution in [3.8, 4) is 0 Å². The fourth-order valence-corrected chi connectivity index (χ4v) is 2.03. The van der Waals surface area contributed by atoms with Gasteiger partial charge in [0.05, 0.1) is 6.61 Å². The van der Waals surface area contributed by atoms with Crippen LogP contribution < -0.4 is 5.32 Å². The summed E-state index contributed by atoms with van der Waals surface area (Å²) in [6.07, 6.45) is 3.66. The molecule has 0 bridgehead atoms. The molecule has 1 rings (SSSR count). The average molecular weight is 333 g/mol. The van der Waals surface area contributed by atoms with Crippen molar-refractivity contribution in [3.05, 3.63) is 48.0 Å². The van der Waals surface area contributed by atoms with E-state index in [1.807, 2.05) is 30.3 Å². The highest BCUT2D eigenvalue weighted by atomic mass is 16.3. The van der Waals surface area contributed by atoms with Gasteiger partial charge in [-0.2, -0.15) is 0 Å². The zero-order chi connectivity index (χ0) is 18.0. The SMILES string of the molecule is CC(C)(CO)C(O)C(=O)NCC/C=C/C(=O)CCc1ccccc1. The van der Waals surface area contributed by atoms with E-state index in [1.165, 1.54) is 6.08 Å². The number of aliphatic hydroxyl groups is 2. The molecule has 1 unspecified atom stereocenters. The van der Waals surface area contributed by atoms with Crippen LogP contribution in [0.2, 0.25) is 0 Å². The Labute approximate surface area is 143 Å². The summed E-state index contributed by atoms with van der Waals surface area (Å²) < 4.78 is 0. The summed E-state index contributed by atoms with van der Waals surface area (Å²) in [5, 5.41) is 21.5. The van der Waals surface area contributed by atoms with E-state index in [1.54, 1.807) is 19.9 Å². The molecule has 0 aromatic heterocycles. The summed E-state index contributed by atoms with van der Waals surface area (Å²) in [6.45, 7) is 3.28. The lowest BCUT2D eigenvalue weighted by molar-refractivity contribution is -0.137. The lowest BCUT2D eigenvalue weighted by Gasteiger charge is -2.27. The third kappa shape index (κ3) is 7.06. The molecule has 5 heteroatoms. The number of nitrogens with one attached hydrogen (secondary N) is 1. The van der Waals surface area contributed by atoms with Crippen LogP contribution in [-0.2, 0) is 16.0 Å². The van der Waals surface area contributed by atoms with Crippen LogP contribution in [0.5, 0.6) is 0 Å². The molecule has 5 nitrogen and oxygen atoms in total. The number of hydrogen-bond acceptors (Lipinski definition) is 4. The minimum absolute atomic E-state index is 0.0478. The van der Waals surface area contributed by atoms with Crippen LogP contribution >= 0.6 is 0 Å². The first-order chi connectivity index (χ1) is 11.4. The molecule has 0 aliphatic rings. The Morgan fingerprint density at radius 2 is 1.92 bits per heavy atom. The van der Waals surface area contributed by atoms with E-state index in [0.29, 0.717) is 25.8 Å². The zero-order valence-corrected chi connectivity index (χ0v) is 14.4. The molecular weight excluding hydrogens is 306 g/mol. The van der Waals surface area contributed by atoms with Gasteiger partial charge in [0.2, 0.25) is 5.91 Å². The molecule has 0 aliphatic carbocycles. The molecule has 24 heavy (non-hydrogen) atoms. The number of carbonyl (C=O) groups excluding carboxylic acids is 2. The van der Waals surface area contributed by atoms with Crippen molar-refractivity contribution in [2.24, 2.45) is 5.41 Å². The first-order valence-electron chi connectivity index (χ1n) is 8.17. The molecule has 0 heterocycles. The van der Waals surface area contributed by atoms with Gasteiger partial charge in [-0.25, -0.2) is 0 Å². The minimum Gasteiger partial charge on any atom is -0.396 e.